The molecule has 0 bridgehead atoms. The number of carboxylic acid groups (broad SMARTS) is 1. The highest BCUT2D eigenvalue weighted by molar-refractivity contribution is 5.82. The van der Waals surface area contributed by atoms with Crippen LogP contribution >= 0.6 is 0 Å². The maximum Gasteiger partial charge on any atom is 0.313 e. The van der Waals surface area contributed by atoms with E-state index in [4.69, 9.17) is 9.72 Å². The average Bonchev–Trinajstić information content (AvgIpc) is 2.68. The first kappa shape index (κ1) is 19.8. The maximum atomic E-state index is 11.8. The van der Waals surface area contributed by atoms with Crippen LogP contribution in [0.3, 0.4) is 0 Å². The van der Waals surface area contributed by atoms with Gasteiger partial charge in [0.2, 0.25) is 5.95 Å². The monoisotopic (exact) mass is 378 g/mol. The smallest absolute Gasteiger partial charge is 0.313 e. The normalized spacial score (nSPS) is 24.1. The molecule has 8 nitrogen and oxygen atoms in total. The van der Waals surface area contributed by atoms with Gasteiger partial charge in [0.1, 0.15) is 5.82 Å². The third-order valence-corrected chi connectivity index (χ3v) is 5.72. The number of morpholine rings is 1. The summed E-state index contributed by atoms with van der Waals surface area (Å²) in [6.45, 7) is 9.63. The number of carboxylic acids is 1. The van der Waals surface area contributed by atoms with Gasteiger partial charge in [-0.1, -0.05) is 6.92 Å². The third kappa shape index (κ3) is 4.01. The molecule has 0 spiro atoms. The van der Waals surface area contributed by atoms with Gasteiger partial charge in [0.25, 0.3) is 0 Å². The molecule has 27 heavy (non-hydrogen) atoms. The van der Waals surface area contributed by atoms with Gasteiger partial charge >= 0.3 is 5.97 Å². The number of aliphatic hydroxyl groups excluding tert-OH is 1. The van der Waals surface area contributed by atoms with Crippen LogP contribution in [0.25, 0.3) is 0 Å². The lowest BCUT2D eigenvalue weighted by Crippen LogP contribution is -2.45. The van der Waals surface area contributed by atoms with E-state index in [9.17, 15) is 15.0 Å². The molecule has 2 aliphatic heterocycles. The highest BCUT2D eigenvalue weighted by Gasteiger charge is 2.36. The zero-order chi connectivity index (χ0) is 19.7. The van der Waals surface area contributed by atoms with Crippen molar-refractivity contribution in [2.24, 2.45) is 5.41 Å². The number of aliphatic hydroxyl groups is 1. The fourth-order valence-corrected chi connectivity index (χ4v) is 3.70. The predicted molar refractivity (Wildman–Crippen MR) is 102 cm³/mol. The Morgan fingerprint density at radius 1 is 1.30 bits per heavy atom. The number of ether oxygens (including phenoxy) is 1. The Labute approximate surface area is 160 Å². The van der Waals surface area contributed by atoms with Crippen molar-refractivity contribution < 1.29 is 19.7 Å². The average molecular weight is 378 g/mol. The third-order valence-electron chi connectivity index (χ3n) is 5.72. The van der Waals surface area contributed by atoms with Crippen LogP contribution in [0.15, 0.2) is 6.20 Å². The van der Waals surface area contributed by atoms with Gasteiger partial charge in [-0.25, -0.2) is 4.98 Å². The molecule has 3 heterocycles. The van der Waals surface area contributed by atoms with E-state index in [1.54, 1.807) is 20.0 Å². The minimum Gasteiger partial charge on any atom is -0.481 e. The lowest BCUT2D eigenvalue weighted by atomic mass is 9.83. The molecule has 0 amide bonds. The SMILES string of the molecule is CC(C)(C(=O)O)c1cnc(N2CCC[C@@](C)(CO)C2)nc1N1CCOCC1. The molecule has 0 radical (unpaired) electrons. The molecule has 2 saturated heterocycles. The first-order valence-electron chi connectivity index (χ1n) is 9.56. The van der Waals surface area contributed by atoms with E-state index in [0.29, 0.717) is 50.2 Å². The zero-order valence-electron chi connectivity index (χ0n) is 16.4. The molecule has 150 valence electrons. The maximum absolute atomic E-state index is 11.8. The summed E-state index contributed by atoms with van der Waals surface area (Å²) in [6.07, 6.45) is 3.60. The summed E-state index contributed by atoms with van der Waals surface area (Å²) in [7, 11) is 0. The largest absolute Gasteiger partial charge is 0.481 e. The van der Waals surface area contributed by atoms with Gasteiger partial charge in [0, 0.05) is 43.4 Å². The van der Waals surface area contributed by atoms with Gasteiger partial charge in [0.15, 0.2) is 0 Å². The summed E-state index contributed by atoms with van der Waals surface area (Å²) in [4.78, 5) is 25.3. The van der Waals surface area contributed by atoms with E-state index in [1.807, 2.05) is 0 Å². The topological polar surface area (TPSA) is 99.0 Å². The number of hydrogen-bond acceptors (Lipinski definition) is 7. The van der Waals surface area contributed by atoms with Crippen LogP contribution < -0.4 is 9.80 Å². The minimum absolute atomic E-state index is 0.129. The molecule has 0 aliphatic carbocycles. The van der Waals surface area contributed by atoms with E-state index in [2.05, 4.69) is 21.7 Å². The van der Waals surface area contributed by atoms with Crippen LogP contribution in [0, 0.1) is 5.41 Å². The summed E-state index contributed by atoms with van der Waals surface area (Å²) in [5, 5.41) is 19.4. The van der Waals surface area contributed by atoms with Crippen LogP contribution in [0.4, 0.5) is 11.8 Å². The van der Waals surface area contributed by atoms with Gasteiger partial charge in [0.05, 0.1) is 25.2 Å². The second-order valence-electron chi connectivity index (χ2n) is 8.43. The van der Waals surface area contributed by atoms with Crippen molar-refractivity contribution in [3.8, 4) is 0 Å². The molecule has 1 atom stereocenters. The second kappa shape index (κ2) is 7.59. The Hall–Kier alpha value is -1.93. The van der Waals surface area contributed by atoms with Gasteiger partial charge in [-0.2, -0.15) is 4.98 Å². The molecule has 8 heteroatoms. The van der Waals surface area contributed by atoms with Crippen molar-refractivity contribution in [1.29, 1.82) is 0 Å². The number of aromatic nitrogens is 2. The van der Waals surface area contributed by atoms with Crippen LogP contribution in [-0.2, 0) is 14.9 Å². The number of carbonyl (C=O) groups is 1. The van der Waals surface area contributed by atoms with Crippen LogP contribution in [-0.4, -0.2) is 72.1 Å². The molecule has 1 aromatic heterocycles. The van der Waals surface area contributed by atoms with E-state index >= 15 is 0 Å². The highest BCUT2D eigenvalue weighted by atomic mass is 16.5. The first-order chi connectivity index (χ1) is 12.8. The number of piperidine rings is 1. The number of rotatable bonds is 5. The molecule has 1 aromatic rings. The number of hydrogen-bond donors (Lipinski definition) is 2. The molecular formula is C19H30N4O4. The van der Waals surface area contributed by atoms with Crippen molar-refractivity contribution in [2.75, 3.05) is 55.8 Å². The fourth-order valence-electron chi connectivity index (χ4n) is 3.70. The Kier molecular flexibility index (Phi) is 5.58. The molecule has 0 unspecified atom stereocenters. The second-order valence-corrected chi connectivity index (χ2v) is 8.43. The molecule has 0 aromatic carbocycles. The van der Waals surface area contributed by atoms with Gasteiger partial charge in [-0.3, -0.25) is 4.79 Å². The Bertz CT molecular complexity index is 690. The van der Waals surface area contributed by atoms with Crippen molar-refractivity contribution in [3.63, 3.8) is 0 Å². The lowest BCUT2D eigenvalue weighted by Gasteiger charge is -2.40. The summed E-state index contributed by atoms with van der Waals surface area (Å²) in [5.41, 5.74) is -0.643. The van der Waals surface area contributed by atoms with E-state index in [-0.39, 0.29) is 12.0 Å². The van der Waals surface area contributed by atoms with Gasteiger partial charge < -0.3 is 24.7 Å². The van der Waals surface area contributed by atoms with Crippen LogP contribution in [0.2, 0.25) is 0 Å². The Morgan fingerprint density at radius 3 is 2.63 bits per heavy atom. The minimum atomic E-state index is -1.09. The van der Waals surface area contributed by atoms with Crippen molar-refractivity contribution >= 4 is 17.7 Å². The van der Waals surface area contributed by atoms with Crippen molar-refractivity contribution in [2.45, 2.75) is 39.0 Å². The van der Waals surface area contributed by atoms with Gasteiger partial charge in [-0.05, 0) is 26.7 Å². The predicted octanol–water partition coefficient (Wildman–Crippen LogP) is 1.27. The first-order valence-corrected chi connectivity index (χ1v) is 9.56. The van der Waals surface area contributed by atoms with Crippen LogP contribution in [0.5, 0.6) is 0 Å². The standard InChI is InChI=1S/C19H30N4O4/c1-18(2,16(25)26)14-11-20-17(21-15(14)22-7-9-27-10-8-22)23-6-4-5-19(3,12-23)13-24/h11,24H,4-10,12-13H2,1-3H3,(H,25,26)/t19-/m1/s1. The Balaban J connectivity index is 1.99. The molecule has 2 aliphatic rings. The molecule has 2 N–H and O–H groups in total. The molecule has 3 rings (SSSR count). The van der Waals surface area contributed by atoms with E-state index in [1.165, 1.54) is 0 Å². The zero-order valence-corrected chi connectivity index (χ0v) is 16.4. The summed E-state index contributed by atoms with van der Waals surface area (Å²) in [5.74, 6) is 0.368. The fraction of sp³-hybridized carbons (Fsp3) is 0.737. The summed E-state index contributed by atoms with van der Waals surface area (Å²) >= 11 is 0. The van der Waals surface area contributed by atoms with E-state index < -0.39 is 11.4 Å². The highest BCUT2D eigenvalue weighted by Crippen LogP contribution is 2.35. The van der Waals surface area contributed by atoms with Gasteiger partial charge in [-0.15, -0.1) is 0 Å². The van der Waals surface area contributed by atoms with Crippen molar-refractivity contribution in [1.82, 2.24) is 9.97 Å². The quantitative estimate of drug-likeness (QED) is 0.790. The number of anilines is 2. The Morgan fingerprint density at radius 2 is 2.00 bits per heavy atom. The molecule has 0 saturated carbocycles. The molecule has 2 fully saturated rings. The van der Waals surface area contributed by atoms with Crippen molar-refractivity contribution in [3.05, 3.63) is 11.8 Å². The van der Waals surface area contributed by atoms with Crippen LogP contribution in [0.1, 0.15) is 39.2 Å². The molecular weight excluding hydrogens is 348 g/mol. The number of aliphatic carboxylic acids is 1. The summed E-state index contributed by atoms with van der Waals surface area (Å²) in [6, 6.07) is 0. The number of nitrogens with zero attached hydrogens (tertiary/aromatic N) is 4. The summed E-state index contributed by atoms with van der Waals surface area (Å²) < 4.78 is 5.44. The lowest BCUT2D eigenvalue weighted by molar-refractivity contribution is -0.142. The van der Waals surface area contributed by atoms with E-state index in [0.717, 1.165) is 19.4 Å².